The van der Waals surface area contributed by atoms with Crippen LogP contribution in [0.1, 0.15) is 20.3 Å². The van der Waals surface area contributed by atoms with Crippen molar-refractivity contribution in [2.45, 2.75) is 32.4 Å². The summed E-state index contributed by atoms with van der Waals surface area (Å²) >= 11 is 1.63. The highest BCUT2D eigenvalue weighted by atomic mass is 32.2. The number of rotatable bonds is 5. The molecule has 0 aromatic heterocycles. The fourth-order valence-electron chi connectivity index (χ4n) is 2.13. The molecule has 1 aliphatic heterocycles. The summed E-state index contributed by atoms with van der Waals surface area (Å²) in [4.78, 5) is 36.4. The van der Waals surface area contributed by atoms with Crippen LogP contribution in [0.3, 0.4) is 0 Å². The van der Waals surface area contributed by atoms with E-state index in [4.69, 9.17) is 5.11 Å². The average molecular weight is 318 g/mol. The zero-order valence-corrected chi connectivity index (χ0v) is 13.3. The van der Waals surface area contributed by atoms with E-state index in [0.717, 1.165) is 5.75 Å². The smallest absolute Gasteiger partial charge is 0.328 e. The number of aliphatic carboxylic acids is 1. The number of carboxylic acids is 1. The first-order chi connectivity index (χ1) is 9.86. The second-order valence-corrected chi connectivity index (χ2v) is 6.36. The lowest BCUT2D eigenvalue weighted by Crippen LogP contribution is -2.56. The number of carbonyl (C=O) groups excluding carboxylic acids is 2. The van der Waals surface area contributed by atoms with Crippen LogP contribution in [0.15, 0.2) is 0 Å². The summed E-state index contributed by atoms with van der Waals surface area (Å²) in [5.41, 5.74) is 0. The van der Waals surface area contributed by atoms with Crippen LogP contribution in [0.2, 0.25) is 0 Å². The molecule has 0 bridgehead atoms. The van der Waals surface area contributed by atoms with Crippen molar-refractivity contribution < 1.29 is 24.2 Å². The van der Waals surface area contributed by atoms with Crippen molar-refractivity contribution in [2.75, 3.05) is 25.2 Å². The maximum atomic E-state index is 12.3. The number of amides is 2. The molecule has 7 nitrogen and oxygen atoms in total. The summed E-state index contributed by atoms with van der Waals surface area (Å²) in [6.45, 7) is 4.09. The number of carboxylic acid groups (broad SMARTS) is 1. The predicted octanol–water partition coefficient (Wildman–Crippen LogP) is 0.786. The van der Waals surface area contributed by atoms with Gasteiger partial charge in [-0.25, -0.2) is 9.59 Å². The molecular weight excluding hydrogens is 296 g/mol. The van der Waals surface area contributed by atoms with E-state index in [1.54, 1.807) is 11.8 Å². The summed E-state index contributed by atoms with van der Waals surface area (Å²) in [5, 5.41) is 11.6. The first-order valence-electron chi connectivity index (χ1n) is 6.81. The number of nitrogens with one attached hydrogen (secondary N) is 1. The third-order valence-corrected chi connectivity index (χ3v) is 4.39. The van der Waals surface area contributed by atoms with E-state index in [1.165, 1.54) is 12.0 Å². The quantitative estimate of drug-likeness (QED) is 0.728. The lowest BCUT2D eigenvalue weighted by atomic mass is 10.0. The van der Waals surface area contributed by atoms with E-state index in [-0.39, 0.29) is 18.4 Å². The number of carbonyl (C=O) groups is 3. The van der Waals surface area contributed by atoms with Crippen molar-refractivity contribution in [1.82, 2.24) is 10.2 Å². The minimum atomic E-state index is -0.936. The molecule has 2 atom stereocenters. The molecule has 8 heteroatoms. The van der Waals surface area contributed by atoms with Gasteiger partial charge in [0.25, 0.3) is 0 Å². The predicted molar refractivity (Wildman–Crippen MR) is 79.2 cm³/mol. The lowest BCUT2D eigenvalue weighted by Gasteiger charge is -2.35. The van der Waals surface area contributed by atoms with Gasteiger partial charge in [-0.2, -0.15) is 11.8 Å². The van der Waals surface area contributed by atoms with Crippen LogP contribution < -0.4 is 5.32 Å². The standard InChI is InChI=1S/C13H22N2O5S/c1-8(2)11(12(18)20-3)14-13(19)15-4-5-21-7-9(15)6-10(16)17/h8-9,11H,4-7H2,1-3H3,(H,14,19)(H,16,17). The number of ether oxygens (including phenoxy) is 1. The Morgan fingerprint density at radius 2 is 2.10 bits per heavy atom. The molecule has 1 saturated heterocycles. The van der Waals surface area contributed by atoms with Crippen LogP contribution in [0.25, 0.3) is 0 Å². The minimum absolute atomic E-state index is 0.0923. The van der Waals surface area contributed by atoms with Crippen LogP contribution in [-0.2, 0) is 14.3 Å². The Kier molecular flexibility index (Phi) is 6.80. The molecule has 120 valence electrons. The molecule has 0 radical (unpaired) electrons. The lowest BCUT2D eigenvalue weighted by molar-refractivity contribution is -0.144. The normalized spacial score (nSPS) is 20.0. The highest BCUT2D eigenvalue weighted by molar-refractivity contribution is 7.99. The number of methoxy groups -OCH3 is 1. The van der Waals surface area contributed by atoms with Gasteiger partial charge >= 0.3 is 18.0 Å². The Morgan fingerprint density at radius 3 is 2.62 bits per heavy atom. The van der Waals surface area contributed by atoms with Gasteiger partial charge in [0.15, 0.2) is 0 Å². The van der Waals surface area contributed by atoms with Gasteiger partial charge in [0.2, 0.25) is 0 Å². The maximum Gasteiger partial charge on any atom is 0.328 e. The Bertz CT molecular complexity index is 402. The zero-order chi connectivity index (χ0) is 16.0. The molecule has 2 N–H and O–H groups in total. The van der Waals surface area contributed by atoms with Crippen LogP contribution in [0.5, 0.6) is 0 Å². The Morgan fingerprint density at radius 1 is 1.43 bits per heavy atom. The number of thioether (sulfide) groups is 1. The number of hydrogen-bond acceptors (Lipinski definition) is 5. The molecule has 1 fully saturated rings. The van der Waals surface area contributed by atoms with Gasteiger partial charge in [-0.1, -0.05) is 13.8 Å². The van der Waals surface area contributed by atoms with E-state index in [9.17, 15) is 14.4 Å². The Hall–Kier alpha value is -1.44. The number of hydrogen-bond donors (Lipinski definition) is 2. The van der Waals surface area contributed by atoms with Gasteiger partial charge in [-0.05, 0) is 5.92 Å². The molecule has 0 saturated carbocycles. The topological polar surface area (TPSA) is 95.9 Å². The summed E-state index contributed by atoms with van der Waals surface area (Å²) in [6.07, 6.45) is -0.0923. The van der Waals surface area contributed by atoms with Gasteiger partial charge < -0.3 is 20.1 Å². The molecule has 2 amide bonds. The van der Waals surface area contributed by atoms with Gasteiger partial charge in [0, 0.05) is 18.1 Å². The molecule has 1 rings (SSSR count). The molecule has 0 aromatic rings. The van der Waals surface area contributed by atoms with Crippen molar-refractivity contribution in [3.05, 3.63) is 0 Å². The summed E-state index contributed by atoms with van der Waals surface area (Å²) in [6, 6.07) is -1.50. The molecule has 1 aliphatic rings. The number of esters is 1. The summed E-state index contributed by atoms with van der Waals surface area (Å²) in [5.74, 6) is -0.204. The second kappa shape index (κ2) is 8.11. The monoisotopic (exact) mass is 318 g/mol. The van der Waals surface area contributed by atoms with Gasteiger partial charge in [-0.3, -0.25) is 4.79 Å². The largest absolute Gasteiger partial charge is 0.481 e. The van der Waals surface area contributed by atoms with E-state index in [1.807, 2.05) is 13.8 Å². The highest BCUT2D eigenvalue weighted by Crippen LogP contribution is 2.19. The van der Waals surface area contributed by atoms with E-state index in [0.29, 0.717) is 12.3 Å². The number of urea groups is 1. The van der Waals surface area contributed by atoms with Crippen LogP contribution >= 0.6 is 11.8 Å². The first-order valence-corrected chi connectivity index (χ1v) is 7.96. The maximum absolute atomic E-state index is 12.3. The van der Waals surface area contributed by atoms with E-state index in [2.05, 4.69) is 10.1 Å². The van der Waals surface area contributed by atoms with E-state index >= 15 is 0 Å². The fraction of sp³-hybridized carbons (Fsp3) is 0.769. The van der Waals surface area contributed by atoms with Crippen molar-refractivity contribution in [1.29, 1.82) is 0 Å². The molecule has 0 spiro atoms. The van der Waals surface area contributed by atoms with Crippen LogP contribution in [-0.4, -0.2) is 65.2 Å². The Balaban J connectivity index is 2.74. The van der Waals surface area contributed by atoms with Gasteiger partial charge in [0.05, 0.1) is 19.6 Å². The average Bonchev–Trinajstić information content (AvgIpc) is 2.43. The van der Waals surface area contributed by atoms with Crippen molar-refractivity contribution in [3.63, 3.8) is 0 Å². The third-order valence-electron chi connectivity index (χ3n) is 3.30. The minimum Gasteiger partial charge on any atom is -0.481 e. The Labute approximate surface area is 128 Å². The third kappa shape index (κ3) is 5.11. The SMILES string of the molecule is COC(=O)C(NC(=O)N1CCSCC1CC(=O)O)C(C)C. The van der Waals surface area contributed by atoms with E-state index < -0.39 is 24.0 Å². The van der Waals surface area contributed by atoms with Crippen molar-refractivity contribution in [2.24, 2.45) is 5.92 Å². The highest BCUT2D eigenvalue weighted by Gasteiger charge is 2.32. The second-order valence-electron chi connectivity index (χ2n) is 5.21. The fourth-order valence-corrected chi connectivity index (χ4v) is 3.20. The van der Waals surface area contributed by atoms with Gasteiger partial charge in [-0.15, -0.1) is 0 Å². The van der Waals surface area contributed by atoms with Crippen molar-refractivity contribution in [3.8, 4) is 0 Å². The van der Waals surface area contributed by atoms with Crippen LogP contribution in [0.4, 0.5) is 4.79 Å². The molecule has 21 heavy (non-hydrogen) atoms. The van der Waals surface area contributed by atoms with Crippen LogP contribution in [0, 0.1) is 5.92 Å². The molecule has 1 heterocycles. The van der Waals surface area contributed by atoms with Gasteiger partial charge in [0.1, 0.15) is 6.04 Å². The summed E-state index contributed by atoms with van der Waals surface area (Å²) < 4.78 is 4.68. The zero-order valence-electron chi connectivity index (χ0n) is 12.5. The summed E-state index contributed by atoms with van der Waals surface area (Å²) in [7, 11) is 1.27. The molecule has 2 unspecified atom stereocenters. The molecule has 0 aliphatic carbocycles. The first kappa shape index (κ1) is 17.6. The molecule has 0 aromatic carbocycles. The van der Waals surface area contributed by atoms with Crippen molar-refractivity contribution >= 4 is 29.7 Å². The number of nitrogens with zero attached hydrogens (tertiary/aromatic N) is 1. The molecular formula is C13H22N2O5S.